The van der Waals surface area contributed by atoms with Gasteiger partial charge in [-0.05, 0) is 119 Å². The molecule has 0 spiro atoms. The summed E-state index contributed by atoms with van der Waals surface area (Å²) in [5.41, 5.74) is 4.08. The molecule has 3 fully saturated rings. The molecule has 1 aliphatic carbocycles. The summed E-state index contributed by atoms with van der Waals surface area (Å²) in [5.74, 6) is 0.823. The van der Waals surface area contributed by atoms with Gasteiger partial charge >= 0.3 is 0 Å². The molecule has 8 nitrogen and oxygen atoms in total. The van der Waals surface area contributed by atoms with Crippen LogP contribution in [0.4, 0.5) is 0 Å². The number of hydrogen-bond donors (Lipinski definition) is 2. The number of sulfonamides is 1. The number of rotatable bonds is 9. The zero-order valence-corrected chi connectivity index (χ0v) is 28.5. The lowest BCUT2D eigenvalue weighted by atomic mass is 9.65. The van der Waals surface area contributed by atoms with Gasteiger partial charge in [-0.25, -0.2) is 18.5 Å². The molecule has 2 saturated heterocycles. The Morgan fingerprint density at radius 3 is 2.34 bits per heavy atom. The molecule has 3 heterocycles. The summed E-state index contributed by atoms with van der Waals surface area (Å²) in [7, 11) is -4.03. The van der Waals surface area contributed by atoms with Crippen molar-refractivity contribution in [2.75, 3.05) is 6.54 Å². The van der Waals surface area contributed by atoms with Crippen molar-refractivity contribution < 1.29 is 13.2 Å². The number of piperidine rings is 1. The Morgan fingerprint density at radius 2 is 1.64 bits per heavy atom. The standard InChI is InChI=1S/C37H44ClN5O3S/c1-25-40-33-10-5-6-11-34(33)43(25)31-23-29-13-14-30(24-31)42(29)21-7-18-37(27-8-3-2-4-9-27)19-16-28(17-20-37)41-36(44)26-12-15-32(38)35(22-26)47(39,45)46/h2-6,8-12,15,22,28-31H,7,13-14,16-21,23-24H2,1H3,(H,41,44)(H2,39,45,46)/t28?,29-,30+,31?,37?. The van der Waals surface area contributed by atoms with Crippen molar-refractivity contribution in [3.05, 3.63) is 94.8 Å². The summed E-state index contributed by atoms with van der Waals surface area (Å²) in [5, 5.41) is 8.46. The molecule has 4 aromatic rings. The van der Waals surface area contributed by atoms with Gasteiger partial charge in [-0.15, -0.1) is 0 Å². The first-order chi connectivity index (χ1) is 22.6. The molecule has 248 valence electrons. The van der Waals surface area contributed by atoms with Gasteiger partial charge in [0.25, 0.3) is 5.91 Å². The van der Waals surface area contributed by atoms with E-state index >= 15 is 0 Å². The minimum Gasteiger partial charge on any atom is -0.349 e. The summed E-state index contributed by atoms with van der Waals surface area (Å²) in [6.07, 6.45) is 10.9. The van der Waals surface area contributed by atoms with Gasteiger partial charge in [0, 0.05) is 29.7 Å². The zero-order valence-electron chi connectivity index (χ0n) is 26.9. The molecule has 2 aliphatic heterocycles. The maximum absolute atomic E-state index is 13.1. The highest BCUT2D eigenvalue weighted by atomic mass is 35.5. The highest BCUT2D eigenvalue weighted by molar-refractivity contribution is 7.89. The number of carbonyl (C=O) groups excluding carboxylic acids is 1. The van der Waals surface area contributed by atoms with E-state index in [0.29, 0.717) is 18.1 Å². The van der Waals surface area contributed by atoms with E-state index in [2.05, 4.69) is 76.3 Å². The van der Waals surface area contributed by atoms with Crippen LogP contribution in [0, 0.1) is 6.92 Å². The molecule has 7 rings (SSSR count). The number of imidazole rings is 1. The van der Waals surface area contributed by atoms with Crippen molar-refractivity contribution >= 4 is 38.6 Å². The molecule has 3 aromatic carbocycles. The van der Waals surface area contributed by atoms with E-state index in [1.165, 1.54) is 55.0 Å². The second-order valence-electron chi connectivity index (χ2n) is 14.0. The number of fused-ring (bicyclic) bond motifs is 3. The maximum Gasteiger partial charge on any atom is 0.251 e. The Balaban J connectivity index is 0.990. The van der Waals surface area contributed by atoms with Crippen LogP contribution < -0.4 is 10.5 Å². The SMILES string of the molecule is Cc1nc2ccccc2n1C1C[C@H]2CC[C@@H](C1)N2CCCC1(c2ccccc2)CCC(NC(=O)c2ccc(Cl)c(S(N)(=O)=O)c2)CC1. The molecule has 1 aromatic heterocycles. The number of nitrogens with zero attached hydrogens (tertiary/aromatic N) is 3. The molecule has 1 unspecified atom stereocenters. The summed E-state index contributed by atoms with van der Waals surface area (Å²) in [4.78, 5) is 20.6. The quantitative estimate of drug-likeness (QED) is 0.201. The molecule has 3 N–H and O–H groups in total. The average Bonchev–Trinajstić information content (AvgIpc) is 3.51. The second kappa shape index (κ2) is 13.0. The number of primary sulfonamides is 1. The third kappa shape index (κ3) is 6.47. The van der Waals surface area contributed by atoms with Crippen LogP contribution in [-0.4, -0.2) is 53.4 Å². The average molecular weight is 674 g/mol. The zero-order chi connectivity index (χ0) is 32.8. The number of para-hydroxylation sites is 2. The molecule has 1 saturated carbocycles. The lowest BCUT2D eigenvalue weighted by Crippen LogP contribution is -2.45. The number of nitrogens with one attached hydrogen (secondary N) is 1. The Bertz CT molecular complexity index is 1860. The molecule has 0 radical (unpaired) electrons. The fourth-order valence-corrected chi connectivity index (χ4v) is 10.0. The van der Waals surface area contributed by atoms with Crippen molar-refractivity contribution in [2.45, 2.75) is 106 Å². The summed E-state index contributed by atoms with van der Waals surface area (Å²) in [6.45, 7) is 3.28. The Labute approximate surface area is 282 Å². The van der Waals surface area contributed by atoms with Crippen molar-refractivity contribution in [1.29, 1.82) is 0 Å². The Kier molecular flexibility index (Phi) is 8.93. The predicted octanol–water partition coefficient (Wildman–Crippen LogP) is 6.90. The minimum absolute atomic E-state index is 0.00801. The van der Waals surface area contributed by atoms with Crippen LogP contribution in [0.5, 0.6) is 0 Å². The van der Waals surface area contributed by atoms with Gasteiger partial charge in [0.05, 0.1) is 16.1 Å². The number of amides is 1. The topological polar surface area (TPSA) is 110 Å². The van der Waals surface area contributed by atoms with Crippen LogP contribution in [0.15, 0.2) is 77.7 Å². The maximum atomic E-state index is 13.1. The fourth-order valence-electron chi connectivity index (χ4n) is 8.97. The number of nitrogens with two attached hydrogens (primary N) is 1. The molecule has 2 bridgehead atoms. The summed E-state index contributed by atoms with van der Waals surface area (Å²) < 4.78 is 26.4. The van der Waals surface area contributed by atoms with E-state index in [9.17, 15) is 13.2 Å². The van der Waals surface area contributed by atoms with E-state index in [4.69, 9.17) is 21.7 Å². The van der Waals surface area contributed by atoms with Crippen LogP contribution in [-0.2, 0) is 15.4 Å². The van der Waals surface area contributed by atoms with Gasteiger partial charge in [-0.3, -0.25) is 9.69 Å². The first-order valence-corrected chi connectivity index (χ1v) is 18.9. The third-order valence-electron chi connectivity index (χ3n) is 11.2. The van der Waals surface area contributed by atoms with E-state index < -0.39 is 10.0 Å². The third-order valence-corrected chi connectivity index (χ3v) is 12.6. The minimum atomic E-state index is -4.03. The van der Waals surface area contributed by atoms with Crippen LogP contribution >= 0.6 is 11.6 Å². The van der Waals surface area contributed by atoms with Gasteiger partial charge in [0.2, 0.25) is 10.0 Å². The molecule has 1 amide bonds. The van der Waals surface area contributed by atoms with Crippen LogP contribution in [0.2, 0.25) is 5.02 Å². The highest BCUT2D eigenvalue weighted by Gasteiger charge is 2.42. The molecule has 47 heavy (non-hydrogen) atoms. The molecular weight excluding hydrogens is 630 g/mol. The highest BCUT2D eigenvalue weighted by Crippen LogP contribution is 2.45. The number of halogens is 1. The second-order valence-corrected chi connectivity index (χ2v) is 15.9. The lowest BCUT2D eigenvalue weighted by molar-refractivity contribution is 0.0905. The largest absolute Gasteiger partial charge is 0.349 e. The van der Waals surface area contributed by atoms with Crippen molar-refractivity contribution in [2.24, 2.45) is 5.14 Å². The first kappa shape index (κ1) is 32.3. The fraction of sp³-hybridized carbons (Fsp3) is 0.459. The predicted molar refractivity (Wildman–Crippen MR) is 186 cm³/mol. The summed E-state index contributed by atoms with van der Waals surface area (Å²) in [6, 6.07) is 25.4. The van der Waals surface area contributed by atoms with Crippen LogP contribution in [0.1, 0.15) is 92.0 Å². The normalized spacial score (nSPS) is 26.4. The Morgan fingerprint density at radius 1 is 0.957 bits per heavy atom. The number of aromatic nitrogens is 2. The lowest BCUT2D eigenvalue weighted by Gasteiger charge is -2.43. The van der Waals surface area contributed by atoms with Crippen molar-refractivity contribution in [3.63, 3.8) is 0 Å². The van der Waals surface area contributed by atoms with E-state index in [0.717, 1.165) is 56.4 Å². The summed E-state index contributed by atoms with van der Waals surface area (Å²) >= 11 is 6.03. The van der Waals surface area contributed by atoms with Crippen LogP contribution in [0.25, 0.3) is 11.0 Å². The van der Waals surface area contributed by atoms with E-state index in [1.54, 1.807) is 0 Å². The molecule has 3 aliphatic rings. The number of aryl methyl sites for hydroxylation is 1. The monoisotopic (exact) mass is 673 g/mol. The van der Waals surface area contributed by atoms with E-state index in [-0.39, 0.29) is 32.8 Å². The van der Waals surface area contributed by atoms with Gasteiger partial charge in [0.1, 0.15) is 10.7 Å². The smallest absolute Gasteiger partial charge is 0.251 e. The van der Waals surface area contributed by atoms with Gasteiger partial charge in [-0.1, -0.05) is 54.1 Å². The first-order valence-electron chi connectivity index (χ1n) is 17.0. The Hall–Kier alpha value is -3.24. The van der Waals surface area contributed by atoms with Gasteiger partial charge in [-0.2, -0.15) is 0 Å². The number of hydrogen-bond acceptors (Lipinski definition) is 5. The van der Waals surface area contributed by atoms with Crippen LogP contribution in [0.3, 0.4) is 0 Å². The molecular formula is C37H44ClN5O3S. The van der Waals surface area contributed by atoms with E-state index in [1.807, 2.05) is 0 Å². The van der Waals surface area contributed by atoms with Crippen molar-refractivity contribution in [3.8, 4) is 0 Å². The number of benzene rings is 3. The van der Waals surface area contributed by atoms with Gasteiger partial charge in [0.15, 0.2) is 0 Å². The number of carbonyl (C=O) groups is 1. The van der Waals surface area contributed by atoms with Crippen molar-refractivity contribution in [1.82, 2.24) is 19.8 Å². The van der Waals surface area contributed by atoms with Gasteiger partial charge < -0.3 is 9.88 Å². The molecule has 10 heteroatoms. The molecule has 3 atom stereocenters.